The minimum atomic E-state index is -2.01. The van der Waals surface area contributed by atoms with Crippen molar-refractivity contribution in [2.24, 2.45) is 5.92 Å². The highest BCUT2D eigenvalue weighted by atomic mass is 28.3. The fourth-order valence-corrected chi connectivity index (χ4v) is 13.3. The largest absolute Gasteiger partial charge is 0.465 e. The first-order valence-electron chi connectivity index (χ1n) is 12.6. The molecule has 1 aliphatic carbocycles. The van der Waals surface area contributed by atoms with E-state index in [1.807, 2.05) is 18.3 Å². The minimum Gasteiger partial charge on any atom is -0.465 e. The predicted octanol–water partition coefficient (Wildman–Crippen LogP) is 6.56. The van der Waals surface area contributed by atoms with Crippen LogP contribution in [0.3, 0.4) is 0 Å². The Morgan fingerprint density at radius 3 is 2.30 bits per heavy atom. The fourth-order valence-electron chi connectivity index (χ4n) is 6.98. The van der Waals surface area contributed by atoms with Crippen LogP contribution in [-0.4, -0.2) is 51.6 Å². The lowest BCUT2D eigenvalue weighted by Crippen LogP contribution is -2.53. The molecule has 1 amide bonds. The van der Waals surface area contributed by atoms with Crippen molar-refractivity contribution in [3.8, 4) is 0 Å². The van der Waals surface area contributed by atoms with E-state index in [9.17, 15) is 14.7 Å². The summed E-state index contributed by atoms with van der Waals surface area (Å²) in [6, 6.07) is 5.92. The van der Waals surface area contributed by atoms with Gasteiger partial charge in [0.15, 0.2) is 14.0 Å². The van der Waals surface area contributed by atoms with E-state index >= 15 is 0 Å². The Labute approximate surface area is 198 Å². The molecule has 1 aromatic carbocycles. The van der Waals surface area contributed by atoms with Crippen LogP contribution in [0.15, 0.2) is 24.4 Å². The average Bonchev–Trinajstić information content (AvgIpc) is 3.28. The Kier molecular flexibility index (Phi) is 6.23. The number of carbonyl (C=O) groups excluding carboxylic acids is 1. The molecule has 2 fully saturated rings. The summed E-state index contributed by atoms with van der Waals surface area (Å²) < 4.78 is 2.32. The number of benzene rings is 1. The molecule has 4 rings (SSSR count). The summed E-state index contributed by atoms with van der Waals surface area (Å²) in [7, 11) is -2.01. The van der Waals surface area contributed by atoms with E-state index in [2.05, 4.69) is 52.0 Å². The van der Waals surface area contributed by atoms with Crippen molar-refractivity contribution in [1.82, 2.24) is 14.3 Å². The van der Waals surface area contributed by atoms with E-state index in [4.69, 9.17) is 5.10 Å². The third kappa shape index (κ3) is 3.72. The van der Waals surface area contributed by atoms with Crippen LogP contribution in [0, 0.1) is 5.92 Å². The van der Waals surface area contributed by atoms with Gasteiger partial charge in [0, 0.05) is 17.5 Å². The molecular formula is C26H39N3O3Si. The molecule has 6 nitrogen and oxygen atoms in total. The normalized spacial score (nSPS) is 21.7. The van der Waals surface area contributed by atoms with Gasteiger partial charge in [-0.1, -0.05) is 54.4 Å². The summed E-state index contributed by atoms with van der Waals surface area (Å²) >= 11 is 0. The average molecular weight is 470 g/mol. The lowest BCUT2D eigenvalue weighted by Gasteiger charge is -2.43. The van der Waals surface area contributed by atoms with Crippen LogP contribution in [-0.2, 0) is 0 Å². The van der Waals surface area contributed by atoms with Gasteiger partial charge in [-0.15, -0.1) is 0 Å². The Hall–Kier alpha value is -2.15. The lowest BCUT2D eigenvalue weighted by molar-refractivity contribution is 0.0603. The number of nitrogens with zero attached hydrogens (tertiary/aromatic N) is 3. The molecule has 2 aromatic rings. The molecule has 1 saturated heterocycles. The molecule has 0 spiro atoms. The molecule has 1 aromatic heterocycles. The van der Waals surface area contributed by atoms with Crippen molar-refractivity contribution in [2.75, 3.05) is 6.54 Å². The highest BCUT2D eigenvalue weighted by molar-refractivity contribution is 6.82. The first kappa shape index (κ1) is 24.0. The zero-order valence-electron chi connectivity index (χ0n) is 21.0. The van der Waals surface area contributed by atoms with Crippen LogP contribution in [0.5, 0.6) is 0 Å². The van der Waals surface area contributed by atoms with Crippen LogP contribution in [0.4, 0.5) is 4.79 Å². The number of aromatic nitrogens is 2. The van der Waals surface area contributed by atoms with Gasteiger partial charge in [-0.25, -0.2) is 4.79 Å². The Morgan fingerprint density at radius 2 is 1.76 bits per heavy atom. The van der Waals surface area contributed by atoms with Gasteiger partial charge in [-0.3, -0.25) is 14.0 Å². The molecule has 2 heterocycles. The first-order chi connectivity index (χ1) is 15.6. The molecule has 7 heteroatoms. The van der Waals surface area contributed by atoms with Crippen LogP contribution >= 0.6 is 0 Å². The third-order valence-electron chi connectivity index (χ3n) is 8.44. The molecular weight excluding hydrogens is 430 g/mol. The van der Waals surface area contributed by atoms with E-state index < -0.39 is 19.9 Å². The molecule has 0 bridgehead atoms. The molecule has 2 aliphatic rings. The second kappa shape index (κ2) is 8.57. The Balaban J connectivity index is 1.78. The van der Waals surface area contributed by atoms with E-state index in [-0.39, 0.29) is 5.78 Å². The van der Waals surface area contributed by atoms with Crippen LogP contribution in [0.1, 0.15) is 84.0 Å². The summed E-state index contributed by atoms with van der Waals surface area (Å²) in [5.74, 6) is 0.430. The van der Waals surface area contributed by atoms with E-state index in [0.717, 1.165) is 30.2 Å². The van der Waals surface area contributed by atoms with Crippen molar-refractivity contribution in [1.29, 1.82) is 0 Å². The SMILES string of the molecule is CC(C)[Si](C(C)C)(C(C)C)n1ncc2cc(C(=O)C3(CC4CC4)CCCN3C(=O)O)ccc21. The quantitative estimate of drug-likeness (QED) is 0.351. The van der Waals surface area contributed by atoms with Gasteiger partial charge < -0.3 is 5.11 Å². The van der Waals surface area contributed by atoms with Crippen LogP contribution < -0.4 is 0 Å². The van der Waals surface area contributed by atoms with Crippen molar-refractivity contribution in [3.05, 3.63) is 30.0 Å². The number of ketones is 1. The minimum absolute atomic E-state index is 0.0379. The first-order valence-corrected chi connectivity index (χ1v) is 14.8. The zero-order valence-corrected chi connectivity index (χ0v) is 22.0. The molecule has 33 heavy (non-hydrogen) atoms. The van der Waals surface area contributed by atoms with Crippen LogP contribution in [0.2, 0.25) is 16.6 Å². The maximum atomic E-state index is 13.9. The summed E-state index contributed by atoms with van der Waals surface area (Å²) in [6.45, 7) is 14.4. The number of carbonyl (C=O) groups is 2. The maximum Gasteiger partial charge on any atom is 0.408 e. The molecule has 1 N–H and O–H groups in total. The van der Waals surface area contributed by atoms with Crippen LogP contribution in [0.25, 0.3) is 10.9 Å². The van der Waals surface area contributed by atoms with Gasteiger partial charge in [0.2, 0.25) is 0 Å². The predicted molar refractivity (Wildman–Crippen MR) is 135 cm³/mol. The number of rotatable bonds is 8. The second-order valence-corrected chi connectivity index (χ2v) is 16.9. The molecule has 1 saturated carbocycles. The topological polar surface area (TPSA) is 75.4 Å². The monoisotopic (exact) mass is 469 g/mol. The number of carboxylic acid groups (broad SMARTS) is 1. The number of amides is 1. The highest BCUT2D eigenvalue weighted by Gasteiger charge is 2.52. The molecule has 180 valence electrons. The van der Waals surface area contributed by atoms with Crippen molar-refractivity contribution >= 4 is 31.0 Å². The molecule has 1 aliphatic heterocycles. The molecule has 1 atom stereocenters. The number of hydrogen-bond donors (Lipinski definition) is 1. The standard InChI is InChI=1S/C26H39N3O3Si/c1-17(2)33(18(3)4,19(5)6)29-23-11-10-21(14-22(23)16-27-29)24(30)26(15-20-8-9-20)12-7-13-28(26)25(31)32/h10-11,14,16-20H,7-9,12-13,15H2,1-6H3,(H,31,32). The molecule has 1 unspecified atom stereocenters. The van der Waals surface area contributed by atoms with Gasteiger partial charge in [-0.2, -0.15) is 5.10 Å². The number of likely N-dealkylation sites (tertiary alicyclic amines) is 1. The van der Waals surface area contributed by atoms with Crippen molar-refractivity contribution in [3.63, 3.8) is 0 Å². The Bertz CT molecular complexity index is 1030. The summed E-state index contributed by atoms with van der Waals surface area (Å²) in [5.41, 5.74) is 2.35. The lowest BCUT2D eigenvalue weighted by atomic mass is 9.82. The van der Waals surface area contributed by atoms with Crippen molar-refractivity contribution < 1.29 is 14.7 Å². The van der Waals surface area contributed by atoms with E-state index in [0.29, 0.717) is 47.5 Å². The second-order valence-electron chi connectivity index (χ2n) is 11.2. The maximum absolute atomic E-state index is 13.9. The summed E-state index contributed by atoms with van der Waals surface area (Å²) in [6.07, 6.45) is 5.14. The van der Waals surface area contributed by atoms with Gasteiger partial charge in [-0.05, 0) is 60.0 Å². The summed E-state index contributed by atoms with van der Waals surface area (Å²) in [4.78, 5) is 27.4. The zero-order chi connectivity index (χ0) is 24.1. The summed E-state index contributed by atoms with van der Waals surface area (Å²) in [5, 5.41) is 15.7. The third-order valence-corrected chi connectivity index (χ3v) is 15.1. The van der Waals surface area contributed by atoms with Crippen molar-refractivity contribution in [2.45, 2.75) is 95.8 Å². The van der Waals surface area contributed by atoms with Gasteiger partial charge in [0.25, 0.3) is 0 Å². The van der Waals surface area contributed by atoms with Gasteiger partial charge in [0.1, 0.15) is 5.54 Å². The van der Waals surface area contributed by atoms with E-state index in [1.165, 1.54) is 4.90 Å². The molecule has 0 radical (unpaired) electrons. The number of fused-ring (bicyclic) bond motifs is 1. The van der Waals surface area contributed by atoms with E-state index in [1.54, 1.807) is 0 Å². The Morgan fingerprint density at radius 1 is 1.12 bits per heavy atom. The smallest absolute Gasteiger partial charge is 0.408 e. The number of hydrogen-bond acceptors (Lipinski definition) is 3. The van der Waals surface area contributed by atoms with Gasteiger partial charge in [0.05, 0.1) is 11.7 Å². The van der Waals surface area contributed by atoms with Gasteiger partial charge >= 0.3 is 6.09 Å². The fraction of sp³-hybridized carbons (Fsp3) is 0.654. The highest BCUT2D eigenvalue weighted by Crippen LogP contribution is 2.46. The number of Topliss-reactive ketones (excluding diaryl/α,β-unsaturated/α-hetero) is 1.